The quantitative estimate of drug-likeness (QED) is 0.161. The number of fused-ring (bicyclic) bond motifs is 3. The Labute approximate surface area is 276 Å². The molecule has 5 N–H and O–H groups in total. The van der Waals surface area contributed by atoms with Gasteiger partial charge in [0.25, 0.3) is 0 Å². The number of carbonyl (C=O) groups is 1. The van der Waals surface area contributed by atoms with Crippen molar-refractivity contribution < 1.29 is 23.1 Å². The molecule has 1 aromatic carbocycles. The predicted octanol–water partition coefficient (Wildman–Crippen LogP) is 5.80. The highest BCUT2D eigenvalue weighted by Crippen LogP contribution is 2.55. The number of aromatic nitrogens is 2. The summed E-state index contributed by atoms with van der Waals surface area (Å²) in [4.78, 5) is 22.8. The van der Waals surface area contributed by atoms with E-state index in [1.54, 1.807) is 51.4 Å². The standard InChI is InChI=1S/C33H46N6O5S2/c1-21(2)44-30(41)38-33-15-12-32(13-16-33,14-17-33)28-35-20-26(45-28)24-11-10-23(19-27(24)46(42,43)39-31(4,5)6)37-29(40)36-22(3)25-9-7-8-18-34-25/h7-11,18-22,30,38-39,41H,12-17H2,1-6H3,(H2,36,37,40)/t22-,30?,32?,33?/m0/s1. The van der Waals surface area contributed by atoms with Gasteiger partial charge in [-0.3, -0.25) is 10.3 Å². The van der Waals surface area contributed by atoms with Crippen molar-refractivity contribution >= 4 is 33.1 Å². The van der Waals surface area contributed by atoms with Gasteiger partial charge in [-0.15, -0.1) is 11.3 Å². The Morgan fingerprint density at radius 2 is 1.72 bits per heavy atom. The number of rotatable bonds is 11. The minimum absolute atomic E-state index is 0.0698. The lowest BCUT2D eigenvalue weighted by Crippen LogP contribution is -2.59. The molecular weight excluding hydrogens is 625 g/mol. The van der Waals surface area contributed by atoms with Crippen molar-refractivity contribution in [1.82, 2.24) is 25.3 Å². The van der Waals surface area contributed by atoms with Crippen molar-refractivity contribution in [3.63, 3.8) is 0 Å². The van der Waals surface area contributed by atoms with Gasteiger partial charge in [-0.2, -0.15) is 0 Å². The third kappa shape index (κ3) is 7.95. The van der Waals surface area contributed by atoms with Crippen molar-refractivity contribution in [2.24, 2.45) is 0 Å². The van der Waals surface area contributed by atoms with E-state index in [2.05, 4.69) is 25.7 Å². The van der Waals surface area contributed by atoms with E-state index in [-0.39, 0.29) is 28.0 Å². The molecule has 2 atom stereocenters. The number of nitrogens with zero attached hydrogens (tertiary/aromatic N) is 2. The molecule has 3 aliphatic carbocycles. The Bertz CT molecular complexity index is 1610. The first-order valence-electron chi connectivity index (χ1n) is 15.8. The summed E-state index contributed by atoms with van der Waals surface area (Å²) in [5.74, 6) is 0. The number of carbonyl (C=O) groups excluding carboxylic acids is 1. The normalized spacial score (nSPS) is 22.9. The summed E-state index contributed by atoms with van der Waals surface area (Å²) in [7, 11) is -3.97. The molecule has 2 heterocycles. The summed E-state index contributed by atoms with van der Waals surface area (Å²) in [5, 5.41) is 20.4. The van der Waals surface area contributed by atoms with Crippen LogP contribution in [0.4, 0.5) is 10.5 Å². The van der Waals surface area contributed by atoms with Crippen LogP contribution in [0.3, 0.4) is 0 Å². The fraction of sp³-hybridized carbons (Fsp3) is 0.545. The van der Waals surface area contributed by atoms with Gasteiger partial charge in [0.1, 0.15) is 0 Å². The first-order chi connectivity index (χ1) is 21.6. The van der Waals surface area contributed by atoms with Gasteiger partial charge in [0.05, 0.1) is 32.6 Å². The van der Waals surface area contributed by atoms with Crippen LogP contribution in [0, 0.1) is 0 Å². The summed E-state index contributed by atoms with van der Waals surface area (Å²) in [6, 6.07) is 9.60. The fourth-order valence-electron chi connectivity index (χ4n) is 6.47. The maximum absolute atomic E-state index is 13.8. The molecule has 3 fully saturated rings. The van der Waals surface area contributed by atoms with E-state index in [1.807, 2.05) is 32.9 Å². The molecule has 1 unspecified atom stereocenters. The van der Waals surface area contributed by atoms with Crippen LogP contribution in [0.5, 0.6) is 0 Å². The molecule has 0 saturated heterocycles. The second-order valence-corrected chi connectivity index (χ2v) is 16.6. The summed E-state index contributed by atoms with van der Waals surface area (Å²) in [5.41, 5.74) is 0.636. The predicted molar refractivity (Wildman–Crippen MR) is 180 cm³/mol. The number of amides is 2. The Kier molecular flexibility index (Phi) is 9.93. The third-order valence-electron chi connectivity index (χ3n) is 8.75. The fourth-order valence-corrected chi connectivity index (χ4v) is 9.43. The highest BCUT2D eigenvalue weighted by Gasteiger charge is 2.51. The highest BCUT2D eigenvalue weighted by atomic mass is 32.2. The molecule has 0 radical (unpaired) electrons. The minimum Gasteiger partial charge on any atom is -0.356 e. The topological polar surface area (TPSA) is 155 Å². The maximum Gasteiger partial charge on any atom is 0.319 e. The zero-order chi connectivity index (χ0) is 33.3. The number of aliphatic hydroxyl groups is 1. The molecule has 11 nitrogen and oxygen atoms in total. The minimum atomic E-state index is -3.97. The molecule has 0 spiro atoms. The molecule has 2 bridgehead atoms. The van der Waals surface area contributed by atoms with Gasteiger partial charge < -0.3 is 20.5 Å². The van der Waals surface area contributed by atoms with E-state index in [9.17, 15) is 18.3 Å². The Morgan fingerprint density at radius 1 is 1.02 bits per heavy atom. The molecule has 46 heavy (non-hydrogen) atoms. The van der Waals surface area contributed by atoms with Gasteiger partial charge in [-0.05, 0) is 104 Å². The van der Waals surface area contributed by atoms with Crippen molar-refractivity contribution in [2.45, 2.75) is 120 Å². The zero-order valence-electron chi connectivity index (χ0n) is 27.4. The van der Waals surface area contributed by atoms with Gasteiger partial charge in [-0.25, -0.2) is 22.9 Å². The van der Waals surface area contributed by atoms with Crippen molar-refractivity contribution in [3.05, 3.63) is 59.5 Å². The van der Waals surface area contributed by atoms with Crippen LogP contribution in [0.25, 0.3) is 10.4 Å². The van der Waals surface area contributed by atoms with Gasteiger partial charge in [0.2, 0.25) is 16.4 Å². The number of nitrogens with one attached hydrogen (secondary N) is 4. The summed E-state index contributed by atoms with van der Waals surface area (Å²) in [6.45, 7) is 11.0. The molecule has 3 aliphatic rings. The van der Waals surface area contributed by atoms with Gasteiger partial charge in [-0.1, -0.05) is 12.1 Å². The molecule has 6 rings (SSSR count). The van der Waals surface area contributed by atoms with Crippen LogP contribution in [0.1, 0.15) is 96.8 Å². The SMILES string of the molecule is CC(C)OC(O)NC12CCC(c3ncc(-c4ccc(NC(=O)N[C@@H](C)c5ccccn5)cc4S(=O)(=O)NC(C)(C)C)s3)(CC1)CC2. The van der Waals surface area contributed by atoms with Gasteiger partial charge >= 0.3 is 6.03 Å². The smallest absolute Gasteiger partial charge is 0.319 e. The Hall–Kier alpha value is -2.94. The monoisotopic (exact) mass is 670 g/mol. The van der Waals surface area contributed by atoms with Gasteiger partial charge in [0, 0.05) is 40.1 Å². The maximum atomic E-state index is 13.8. The number of urea groups is 1. The van der Waals surface area contributed by atoms with E-state index in [0.29, 0.717) is 16.9 Å². The Balaban J connectivity index is 1.37. The van der Waals surface area contributed by atoms with Crippen LogP contribution < -0.4 is 20.7 Å². The highest BCUT2D eigenvalue weighted by molar-refractivity contribution is 7.89. The van der Waals surface area contributed by atoms with Crippen LogP contribution in [0.15, 0.2) is 53.7 Å². The van der Waals surface area contributed by atoms with Gasteiger partial charge in [0.15, 0.2) is 0 Å². The van der Waals surface area contributed by atoms with Crippen LogP contribution in [0.2, 0.25) is 0 Å². The first kappa shape index (κ1) is 34.4. The molecule has 2 aromatic heterocycles. The average molecular weight is 671 g/mol. The van der Waals surface area contributed by atoms with E-state index >= 15 is 0 Å². The number of pyridine rings is 1. The summed E-state index contributed by atoms with van der Waals surface area (Å²) < 4.78 is 35.8. The molecule has 2 amide bonds. The van der Waals surface area contributed by atoms with Crippen molar-refractivity contribution in [2.75, 3.05) is 5.32 Å². The number of hydrogen-bond acceptors (Lipinski definition) is 9. The van der Waals surface area contributed by atoms with Crippen LogP contribution in [-0.2, 0) is 20.2 Å². The number of anilines is 1. The lowest BCUT2D eigenvalue weighted by Gasteiger charge is -2.53. The third-order valence-corrected chi connectivity index (χ3v) is 11.8. The number of ether oxygens (including phenoxy) is 1. The number of aliphatic hydroxyl groups excluding tert-OH is 1. The molecule has 3 saturated carbocycles. The number of hydrogen-bond donors (Lipinski definition) is 5. The second kappa shape index (κ2) is 13.3. The van der Waals surface area contributed by atoms with E-state index in [1.165, 1.54) is 17.4 Å². The largest absolute Gasteiger partial charge is 0.356 e. The molecule has 0 aliphatic heterocycles. The first-order valence-corrected chi connectivity index (χ1v) is 18.1. The van der Waals surface area contributed by atoms with Crippen LogP contribution in [-0.4, -0.2) is 53.1 Å². The lowest BCUT2D eigenvalue weighted by atomic mass is 9.57. The van der Waals surface area contributed by atoms with E-state index < -0.39 is 28.0 Å². The van der Waals surface area contributed by atoms with E-state index in [4.69, 9.17) is 9.72 Å². The van der Waals surface area contributed by atoms with Crippen molar-refractivity contribution in [1.29, 1.82) is 0 Å². The number of sulfonamides is 1. The zero-order valence-corrected chi connectivity index (χ0v) is 29.0. The number of benzene rings is 1. The molecular formula is C33H46N6O5S2. The lowest BCUT2D eigenvalue weighted by molar-refractivity contribution is -0.166. The summed E-state index contributed by atoms with van der Waals surface area (Å²) >= 11 is 1.53. The average Bonchev–Trinajstić information content (AvgIpc) is 3.48. The summed E-state index contributed by atoms with van der Waals surface area (Å²) in [6.07, 6.45) is 7.83. The second-order valence-electron chi connectivity index (χ2n) is 13.9. The molecule has 13 heteroatoms. The molecule has 250 valence electrons. The molecule has 3 aromatic rings. The van der Waals surface area contributed by atoms with Crippen molar-refractivity contribution in [3.8, 4) is 10.4 Å². The number of thiazole rings is 1. The van der Waals surface area contributed by atoms with E-state index in [0.717, 1.165) is 48.4 Å². The Morgan fingerprint density at radius 3 is 2.33 bits per heavy atom. The van der Waals surface area contributed by atoms with Crippen LogP contribution >= 0.6 is 11.3 Å².